The molecule has 1 aromatic heterocycles. The summed E-state index contributed by atoms with van der Waals surface area (Å²) in [5, 5.41) is 9.04. The maximum atomic E-state index is 12.9. The Hall–Kier alpha value is -2.51. The fraction of sp³-hybridized carbons (Fsp3) is 0.211. The molecular weight excluding hydrogens is 382 g/mol. The number of hydrogen-bond donors (Lipinski definition) is 1. The fourth-order valence-corrected chi connectivity index (χ4v) is 3.61. The molecule has 3 rings (SSSR count). The Balaban J connectivity index is 1.77. The molecule has 0 aliphatic heterocycles. The summed E-state index contributed by atoms with van der Waals surface area (Å²) in [4.78, 5) is 14.6. The second-order valence-corrected chi connectivity index (χ2v) is 7.61. The highest BCUT2D eigenvalue weighted by Crippen LogP contribution is 2.27. The van der Waals surface area contributed by atoms with E-state index in [-0.39, 0.29) is 11.2 Å². The largest absolute Gasteiger partial charge is 0.335 e. The average Bonchev–Trinajstić information content (AvgIpc) is 3.04. The zero-order valence-electron chi connectivity index (χ0n) is 15.0. The van der Waals surface area contributed by atoms with Crippen LogP contribution in [0.1, 0.15) is 13.8 Å². The number of carbonyl (C=O) groups excluding carboxylic acids is 1. The molecule has 0 spiro atoms. The van der Waals surface area contributed by atoms with Gasteiger partial charge in [0.15, 0.2) is 5.82 Å². The van der Waals surface area contributed by atoms with Crippen LogP contribution >= 0.6 is 23.4 Å². The lowest BCUT2D eigenvalue weighted by atomic mass is 10.2. The number of benzene rings is 2. The minimum absolute atomic E-state index is 0.00950. The summed E-state index contributed by atoms with van der Waals surface area (Å²) in [6.07, 6.45) is 0. The van der Waals surface area contributed by atoms with E-state index in [1.807, 2.05) is 56.3 Å². The van der Waals surface area contributed by atoms with Gasteiger partial charge >= 0.3 is 0 Å². The zero-order chi connectivity index (χ0) is 19.4. The third kappa shape index (κ3) is 4.26. The first-order valence-electron chi connectivity index (χ1n) is 8.50. The number of amides is 1. The Morgan fingerprint density at radius 2 is 1.85 bits per heavy atom. The molecule has 0 bridgehead atoms. The number of nitrogens with zero attached hydrogens (tertiary/aromatic N) is 4. The SMILES string of the molecule is CCN(C(=O)C(C)Sc1nnc(-c2ccc(Cl)cc2)n1N)c1ccccc1. The van der Waals surface area contributed by atoms with Crippen molar-refractivity contribution in [1.29, 1.82) is 0 Å². The molecule has 0 aliphatic rings. The van der Waals surface area contributed by atoms with Gasteiger partial charge in [0, 0.05) is 22.8 Å². The summed E-state index contributed by atoms with van der Waals surface area (Å²) in [5.41, 5.74) is 1.67. The summed E-state index contributed by atoms with van der Waals surface area (Å²) in [5.74, 6) is 6.66. The molecule has 3 aromatic rings. The van der Waals surface area contributed by atoms with Crippen molar-refractivity contribution < 1.29 is 4.79 Å². The van der Waals surface area contributed by atoms with Crippen molar-refractivity contribution >= 4 is 35.0 Å². The van der Waals surface area contributed by atoms with Crippen molar-refractivity contribution in [3.8, 4) is 11.4 Å². The average molecular weight is 402 g/mol. The van der Waals surface area contributed by atoms with Crippen molar-refractivity contribution in [3.63, 3.8) is 0 Å². The molecule has 2 N–H and O–H groups in total. The van der Waals surface area contributed by atoms with Gasteiger partial charge in [0.2, 0.25) is 11.1 Å². The standard InChI is InChI=1S/C19H20ClN5OS/c1-3-24(16-7-5-4-6-8-16)18(26)13(2)27-19-23-22-17(25(19)21)14-9-11-15(20)12-10-14/h4-13H,3,21H2,1-2H3. The first-order valence-corrected chi connectivity index (χ1v) is 9.76. The number of rotatable bonds is 6. The molecule has 140 valence electrons. The molecule has 0 saturated carbocycles. The molecule has 0 aliphatic carbocycles. The van der Waals surface area contributed by atoms with Crippen molar-refractivity contribution in [2.24, 2.45) is 0 Å². The lowest BCUT2D eigenvalue weighted by Crippen LogP contribution is -2.36. The van der Waals surface area contributed by atoms with Gasteiger partial charge in [-0.25, -0.2) is 4.68 Å². The minimum atomic E-state index is -0.366. The maximum absolute atomic E-state index is 12.9. The predicted octanol–water partition coefficient (Wildman–Crippen LogP) is 3.85. The molecule has 1 heterocycles. The molecule has 0 fully saturated rings. The van der Waals surface area contributed by atoms with Crippen LogP contribution in [0.3, 0.4) is 0 Å². The first kappa shape index (κ1) is 19.3. The van der Waals surface area contributed by atoms with Gasteiger partial charge in [0.1, 0.15) is 0 Å². The van der Waals surface area contributed by atoms with Crippen LogP contribution in [0.5, 0.6) is 0 Å². The third-order valence-corrected chi connectivity index (χ3v) is 5.34. The van der Waals surface area contributed by atoms with Crippen LogP contribution in [-0.4, -0.2) is 32.6 Å². The highest BCUT2D eigenvalue weighted by molar-refractivity contribution is 8.00. The van der Waals surface area contributed by atoms with Gasteiger partial charge in [-0.1, -0.05) is 41.6 Å². The molecule has 0 saturated heterocycles. The van der Waals surface area contributed by atoms with E-state index < -0.39 is 0 Å². The lowest BCUT2D eigenvalue weighted by Gasteiger charge is -2.24. The molecule has 2 aromatic carbocycles. The fourth-order valence-electron chi connectivity index (χ4n) is 2.65. The van der Waals surface area contributed by atoms with Crippen LogP contribution in [0.15, 0.2) is 59.8 Å². The normalized spacial score (nSPS) is 12.0. The van der Waals surface area contributed by atoms with Crippen molar-refractivity contribution in [1.82, 2.24) is 14.9 Å². The van der Waals surface area contributed by atoms with Gasteiger partial charge in [0.05, 0.1) is 5.25 Å². The lowest BCUT2D eigenvalue weighted by molar-refractivity contribution is -0.117. The van der Waals surface area contributed by atoms with E-state index >= 15 is 0 Å². The number of nitrogen functional groups attached to an aromatic ring is 1. The van der Waals surface area contributed by atoms with Crippen LogP contribution in [-0.2, 0) is 4.79 Å². The van der Waals surface area contributed by atoms with Gasteiger partial charge in [0.25, 0.3) is 0 Å². The van der Waals surface area contributed by atoms with Crippen LogP contribution < -0.4 is 10.7 Å². The van der Waals surface area contributed by atoms with E-state index in [4.69, 9.17) is 17.4 Å². The number of para-hydroxylation sites is 1. The van der Waals surface area contributed by atoms with Gasteiger partial charge in [-0.2, -0.15) is 0 Å². The summed E-state index contributed by atoms with van der Waals surface area (Å²) in [7, 11) is 0. The van der Waals surface area contributed by atoms with Gasteiger partial charge in [-0.05, 0) is 50.2 Å². The molecule has 1 amide bonds. The minimum Gasteiger partial charge on any atom is -0.335 e. The Morgan fingerprint density at radius 3 is 2.48 bits per heavy atom. The van der Waals surface area contributed by atoms with Crippen LogP contribution in [0.2, 0.25) is 5.02 Å². The van der Waals surface area contributed by atoms with Crippen molar-refractivity contribution in [2.45, 2.75) is 24.3 Å². The first-order chi connectivity index (χ1) is 13.0. The Bertz CT molecular complexity index is 914. The highest BCUT2D eigenvalue weighted by Gasteiger charge is 2.24. The number of hydrogen-bond acceptors (Lipinski definition) is 5. The van der Waals surface area contributed by atoms with E-state index in [1.54, 1.807) is 17.0 Å². The topological polar surface area (TPSA) is 77.0 Å². The number of aromatic nitrogens is 3. The van der Waals surface area contributed by atoms with Gasteiger partial charge < -0.3 is 10.7 Å². The monoisotopic (exact) mass is 401 g/mol. The maximum Gasteiger partial charge on any atom is 0.240 e. The highest BCUT2D eigenvalue weighted by atomic mass is 35.5. The summed E-state index contributed by atoms with van der Waals surface area (Å²) in [6.45, 7) is 4.38. The molecule has 6 nitrogen and oxygen atoms in total. The zero-order valence-corrected chi connectivity index (χ0v) is 16.6. The number of halogens is 1. The van der Waals surface area contributed by atoms with E-state index in [0.29, 0.717) is 22.5 Å². The summed E-state index contributed by atoms with van der Waals surface area (Å²) < 4.78 is 1.40. The van der Waals surface area contributed by atoms with E-state index in [2.05, 4.69) is 10.2 Å². The predicted molar refractivity (Wildman–Crippen MR) is 110 cm³/mol. The van der Waals surface area contributed by atoms with Gasteiger partial charge in [-0.15, -0.1) is 10.2 Å². The molecule has 0 radical (unpaired) electrons. The number of nitrogens with two attached hydrogens (primary N) is 1. The van der Waals surface area contributed by atoms with Crippen LogP contribution in [0, 0.1) is 0 Å². The molecule has 8 heteroatoms. The summed E-state index contributed by atoms with van der Waals surface area (Å²) in [6, 6.07) is 16.8. The summed E-state index contributed by atoms with van der Waals surface area (Å²) >= 11 is 7.20. The van der Waals surface area contributed by atoms with Crippen molar-refractivity contribution in [3.05, 3.63) is 59.6 Å². The molecule has 27 heavy (non-hydrogen) atoms. The number of carbonyl (C=O) groups is 1. The van der Waals surface area contributed by atoms with E-state index in [1.165, 1.54) is 16.4 Å². The second-order valence-electron chi connectivity index (χ2n) is 5.86. The Morgan fingerprint density at radius 1 is 1.19 bits per heavy atom. The molecular formula is C19H20ClN5OS. The Labute approximate surface area is 167 Å². The van der Waals surface area contributed by atoms with Crippen LogP contribution in [0.25, 0.3) is 11.4 Å². The van der Waals surface area contributed by atoms with Crippen molar-refractivity contribution in [2.75, 3.05) is 17.3 Å². The molecule has 1 unspecified atom stereocenters. The second kappa shape index (κ2) is 8.45. The molecule has 1 atom stereocenters. The third-order valence-electron chi connectivity index (χ3n) is 4.05. The van der Waals surface area contributed by atoms with Gasteiger partial charge in [-0.3, -0.25) is 4.79 Å². The van der Waals surface area contributed by atoms with E-state index in [9.17, 15) is 4.79 Å². The van der Waals surface area contributed by atoms with E-state index in [0.717, 1.165) is 11.3 Å². The quantitative estimate of drug-likeness (QED) is 0.501. The number of anilines is 1. The smallest absolute Gasteiger partial charge is 0.240 e. The van der Waals surface area contributed by atoms with Crippen LogP contribution in [0.4, 0.5) is 5.69 Å². The number of thioether (sulfide) groups is 1. The Kier molecular flexibility index (Phi) is 6.03.